The van der Waals surface area contributed by atoms with E-state index in [9.17, 15) is 19.7 Å². The summed E-state index contributed by atoms with van der Waals surface area (Å²) in [4.78, 5) is 45.3. The quantitative estimate of drug-likeness (QED) is 0.255. The Kier molecular flexibility index (Phi) is 6.37. The lowest BCUT2D eigenvalue weighted by molar-refractivity contribution is -0.384. The van der Waals surface area contributed by atoms with Gasteiger partial charge < -0.3 is 10.6 Å². The van der Waals surface area contributed by atoms with E-state index in [0.717, 1.165) is 5.56 Å². The van der Waals surface area contributed by atoms with Crippen LogP contribution in [0.25, 0.3) is 16.9 Å². The van der Waals surface area contributed by atoms with Crippen molar-refractivity contribution in [1.29, 1.82) is 0 Å². The SMILES string of the molecule is O=C(Nc1ccc([N+](=O)[O-])cc1)Nc1cccc(-n2c(=O)c(Cc3ccccc3)nc3cccnc32)c1. The maximum atomic E-state index is 13.6. The summed E-state index contributed by atoms with van der Waals surface area (Å²) in [6, 6.07) is 24.9. The number of carbonyl (C=O) groups is 1. The van der Waals surface area contributed by atoms with Gasteiger partial charge in [-0.25, -0.2) is 14.8 Å². The van der Waals surface area contributed by atoms with Crippen LogP contribution in [0.2, 0.25) is 0 Å². The van der Waals surface area contributed by atoms with E-state index < -0.39 is 11.0 Å². The molecule has 0 fully saturated rings. The Labute approximate surface area is 210 Å². The van der Waals surface area contributed by atoms with Crippen LogP contribution in [0.1, 0.15) is 11.3 Å². The van der Waals surface area contributed by atoms with Gasteiger partial charge in [0.25, 0.3) is 11.2 Å². The number of amides is 2. The number of nitro benzene ring substituents is 1. The number of carbonyl (C=O) groups excluding carboxylic acids is 1. The standard InChI is InChI=1S/C27H20N6O4/c34-26-24(16-18-6-2-1-3-7-18)31-23-10-5-15-28-25(23)32(26)22-9-4-8-20(17-22)30-27(35)29-19-11-13-21(14-12-19)33(36)37/h1-15,17H,16H2,(H2,29,30,35). The fourth-order valence-electron chi connectivity index (χ4n) is 3.89. The normalized spacial score (nSPS) is 10.7. The van der Waals surface area contributed by atoms with Gasteiger partial charge in [0, 0.05) is 36.1 Å². The number of anilines is 2. The topological polar surface area (TPSA) is 132 Å². The first kappa shape index (κ1) is 23.4. The van der Waals surface area contributed by atoms with Gasteiger partial charge in [0.1, 0.15) is 11.2 Å². The van der Waals surface area contributed by atoms with Crippen LogP contribution in [-0.4, -0.2) is 25.5 Å². The number of pyridine rings is 1. The molecule has 2 heterocycles. The number of nitrogens with zero attached hydrogens (tertiary/aromatic N) is 4. The van der Waals surface area contributed by atoms with E-state index in [0.29, 0.717) is 40.3 Å². The molecule has 5 rings (SSSR count). The second-order valence-corrected chi connectivity index (χ2v) is 8.14. The predicted molar refractivity (Wildman–Crippen MR) is 140 cm³/mol. The zero-order valence-corrected chi connectivity index (χ0v) is 19.4. The highest BCUT2D eigenvalue weighted by molar-refractivity contribution is 6.00. The third kappa shape index (κ3) is 5.17. The smallest absolute Gasteiger partial charge is 0.308 e. The molecule has 0 bridgehead atoms. The molecule has 5 aromatic rings. The number of rotatable bonds is 6. The number of urea groups is 1. The first-order valence-corrected chi connectivity index (χ1v) is 11.3. The fourth-order valence-corrected chi connectivity index (χ4v) is 3.89. The molecule has 10 heteroatoms. The summed E-state index contributed by atoms with van der Waals surface area (Å²) in [7, 11) is 0. The highest BCUT2D eigenvalue weighted by atomic mass is 16.6. The van der Waals surface area contributed by atoms with Gasteiger partial charge in [-0.3, -0.25) is 19.5 Å². The van der Waals surface area contributed by atoms with Gasteiger partial charge >= 0.3 is 6.03 Å². The number of hydrogen-bond acceptors (Lipinski definition) is 6. The first-order valence-electron chi connectivity index (χ1n) is 11.3. The van der Waals surface area contributed by atoms with Crippen molar-refractivity contribution in [2.45, 2.75) is 6.42 Å². The van der Waals surface area contributed by atoms with E-state index in [-0.39, 0.29) is 11.2 Å². The Morgan fingerprint density at radius 3 is 2.41 bits per heavy atom. The average Bonchev–Trinajstić information content (AvgIpc) is 2.90. The van der Waals surface area contributed by atoms with Crippen molar-refractivity contribution in [2.24, 2.45) is 0 Å². The zero-order chi connectivity index (χ0) is 25.8. The van der Waals surface area contributed by atoms with Crippen molar-refractivity contribution in [3.63, 3.8) is 0 Å². The second-order valence-electron chi connectivity index (χ2n) is 8.14. The maximum Gasteiger partial charge on any atom is 0.323 e. The highest BCUT2D eigenvalue weighted by Crippen LogP contribution is 2.20. The summed E-state index contributed by atoms with van der Waals surface area (Å²) in [5.41, 5.74) is 3.27. The molecule has 0 spiro atoms. The summed E-state index contributed by atoms with van der Waals surface area (Å²) in [5, 5.41) is 16.2. The number of nitro groups is 1. The van der Waals surface area contributed by atoms with E-state index >= 15 is 0 Å². The van der Waals surface area contributed by atoms with Crippen LogP contribution in [0.5, 0.6) is 0 Å². The highest BCUT2D eigenvalue weighted by Gasteiger charge is 2.15. The second kappa shape index (κ2) is 10.1. The monoisotopic (exact) mass is 492 g/mol. The molecule has 182 valence electrons. The molecule has 37 heavy (non-hydrogen) atoms. The molecule has 0 aliphatic carbocycles. The van der Waals surface area contributed by atoms with E-state index in [2.05, 4.69) is 20.6 Å². The molecule has 0 saturated heterocycles. The summed E-state index contributed by atoms with van der Waals surface area (Å²) >= 11 is 0. The van der Waals surface area contributed by atoms with Crippen LogP contribution >= 0.6 is 0 Å². The Morgan fingerprint density at radius 1 is 0.892 bits per heavy atom. The van der Waals surface area contributed by atoms with Crippen LogP contribution in [0.15, 0.2) is 102 Å². The molecule has 2 amide bonds. The van der Waals surface area contributed by atoms with E-state index in [1.54, 1.807) is 42.6 Å². The minimum absolute atomic E-state index is 0.0751. The number of fused-ring (bicyclic) bond motifs is 1. The molecule has 3 aromatic carbocycles. The Morgan fingerprint density at radius 2 is 1.65 bits per heavy atom. The lowest BCUT2D eigenvalue weighted by Crippen LogP contribution is -2.25. The molecule has 0 saturated carbocycles. The molecule has 0 atom stereocenters. The van der Waals surface area contributed by atoms with E-state index in [1.807, 2.05) is 30.3 Å². The van der Waals surface area contributed by atoms with Gasteiger partial charge in [-0.1, -0.05) is 36.4 Å². The minimum atomic E-state index is -0.541. The largest absolute Gasteiger partial charge is 0.323 e. The van der Waals surface area contributed by atoms with Gasteiger partial charge in [0.05, 0.1) is 10.6 Å². The van der Waals surface area contributed by atoms with E-state index in [4.69, 9.17) is 0 Å². The summed E-state index contributed by atoms with van der Waals surface area (Å²) in [6.07, 6.45) is 1.96. The molecule has 2 N–H and O–H groups in total. The van der Waals surface area contributed by atoms with Crippen LogP contribution in [-0.2, 0) is 6.42 Å². The number of non-ortho nitro benzene ring substituents is 1. The summed E-state index contributed by atoms with van der Waals surface area (Å²) < 4.78 is 1.49. The molecular formula is C27H20N6O4. The van der Waals surface area contributed by atoms with Crippen molar-refractivity contribution in [3.05, 3.63) is 129 Å². The van der Waals surface area contributed by atoms with Crippen molar-refractivity contribution < 1.29 is 9.72 Å². The van der Waals surface area contributed by atoms with Gasteiger partial charge in [-0.15, -0.1) is 0 Å². The van der Waals surface area contributed by atoms with Crippen LogP contribution < -0.4 is 16.2 Å². The molecular weight excluding hydrogens is 472 g/mol. The molecule has 0 aliphatic heterocycles. The molecule has 10 nitrogen and oxygen atoms in total. The van der Waals surface area contributed by atoms with Crippen molar-refractivity contribution in [1.82, 2.24) is 14.5 Å². The molecule has 0 aliphatic rings. The number of benzene rings is 3. The van der Waals surface area contributed by atoms with Crippen molar-refractivity contribution in [3.8, 4) is 5.69 Å². The van der Waals surface area contributed by atoms with Gasteiger partial charge in [0.2, 0.25) is 0 Å². The fraction of sp³-hybridized carbons (Fsp3) is 0.0370. The molecule has 0 unspecified atom stereocenters. The Hall–Kier alpha value is -5.38. The average molecular weight is 492 g/mol. The number of nitrogens with one attached hydrogen (secondary N) is 2. The van der Waals surface area contributed by atoms with Gasteiger partial charge in [-0.2, -0.15) is 0 Å². The third-order valence-corrected chi connectivity index (χ3v) is 5.60. The third-order valence-electron chi connectivity index (χ3n) is 5.60. The summed E-state index contributed by atoms with van der Waals surface area (Å²) in [6.45, 7) is 0. The Balaban J connectivity index is 1.45. The number of hydrogen-bond donors (Lipinski definition) is 2. The van der Waals surface area contributed by atoms with Crippen LogP contribution in [0.3, 0.4) is 0 Å². The van der Waals surface area contributed by atoms with Crippen LogP contribution in [0, 0.1) is 10.1 Å². The summed E-state index contributed by atoms with van der Waals surface area (Å²) in [5.74, 6) is 0. The maximum absolute atomic E-state index is 13.6. The Bertz CT molecular complexity index is 1670. The van der Waals surface area contributed by atoms with Crippen LogP contribution in [0.4, 0.5) is 21.9 Å². The lowest BCUT2D eigenvalue weighted by Gasteiger charge is -2.13. The van der Waals surface area contributed by atoms with Crippen molar-refractivity contribution in [2.75, 3.05) is 10.6 Å². The van der Waals surface area contributed by atoms with Gasteiger partial charge in [-0.05, 0) is 48.0 Å². The zero-order valence-electron chi connectivity index (χ0n) is 19.4. The predicted octanol–water partition coefficient (Wildman–Crippen LogP) is 4.92. The first-order chi connectivity index (χ1) is 18.0. The van der Waals surface area contributed by atoms with Gasteiger partial charge in [0.15, 0.2) is 5.65 Å². The molecule has 2 aromatic heterocycles. The lowest BCUT2D eigenvalue weighted by atomic mass is 10.1. The van der Waals surface area contributed by atoms with E-state index in [1.165, 1.54) is 28.8 Å². The minimum Gasteiger partial charge on any atom is -0.308 e. The molecule has 0 radical (unpaired) electrons. The number of aromatic nitrogens is 3. The van der Waals surface area contributed by atoms with Crippen molar-refractivity contribution >= 4 is 34.3 Å².